The van der Waals surface area contributed by atoms with Gasteiger partial charge >= 0.3 is 5.97 Å². The van der Waals surface area contributed by atoms with Gasteiger partial charge in [-0.1, -0.05) is 42.5 Å². The van der Waals surface area contributed by atoms with Crippen LogP contribution in [0, 0.1) is 22.0 Å². The van der Waals surface area contributed by atoms with E-state index in [9.17, 15) is 30.2 Å². The van der Waals surface area contributed by atoms with Gasteiger partial charge in [-0.15, -0.1) is 10.1 Å². The van der Waals surface area contributed by atoms with Crippen molar-refractivity contribution in [3.8, 4) is 0 Å². The molecule has 2 rings (SSSR count). The molecule has 1 aliphatic carbocycles. The molecule has 0 spiro atoms. The first kappa shape index (κ1) is 29.7. The fraction of sp³-hybridized carbons (Fsp3) is 0.667. The van der Waals surface area contributed by atoms with Crippen molar-refractivity contribution in [2.45, 2.75) is 88.9 Å². The van der Waals surface area contributed by atoms with Crippen molar-refractivity contribution in [3.63, 3.8) is 0 Å². The van der Waals surface area contributed by atoms with Crippen LogP contribution in [0.2, 0.25) is 0 Å². The maximum Gasteiger partial charge on any atom is 0.305 e. The second-order valence-corrected chi connectivity index (χ2v) is 9.54. The molecule has 0 saturated heterocycles. The predicted molar refractivity (Wildman–Crippen MR) is 134 cm³/mol. The summed E-state index contributed by atoms with van der Waals surface area (Å²) in [6.07, 6.45) is 8.87. The van der Waals surface area contributed by atoms with Crippen molar-refractivity contribution in [1.29, 1.82) is 0 Å². The molecule has 3 N–H and O–H groups in total. The number of aryl methyl sites for hydroxylation is 1. The number of benzene rings is 1. The van der Waals surface area contributed by atoms with Crippen molar-refractivity contribution >= 4 is 5.97 Å². The summed E-state index contributed by atoms with van der Waals surface area (Å²) in [5.74, 6) is -0.373. The van der Waals surface area contributed by atoms with Gasteiger partial charge in [0.15, 0.2) is 0 Å². The van der Waals surface area contributed by atoms with Crippen LogP contribution in [0.5, 0.6) is 0 Å². The largest absolute Gasteiger partial charge is 0.466 e. The molecule has 0 aromatic heterocycles. The Bertz CT molecular complexity index is 787. The minimum Gasteiger partial charge on any atom is -0.466 e. The van der Waals surface area contributed by atoms with E-state index < -0.39 is 23.4 Å². The Kier molecular flexibility index (Phi) is 14.1. The zero-order valence-corrected chi connectivity index (χ0v) is 21.0. The van der Waals surface area contributed by atoms with E-state index in [0.29, 0.717) is 64.2 Å². The molecule has 9 heteroatoms. The van der Waals surface area contributed by atoms with Gasteiger partial charge < -0.3 is 24.9 Å². The van der Waals surface area contributed by atoms with Gasteiger partial charge in [-0.2, -0.15) is 0 Å². The highest BCUT2D eigenvalue weighted by molar-refractivity contribution is 5.69. The highest BCUT2D eigenvalue weighted by atomic mass is 16.9. The van der Waals surface area contributed by atoms with Crippen LogP contribution >= 0.6 is 0 Å². The fourth-order valence-corrected chi connectivity index (χ4v) is 4.75. The van der Waals surface area contributed by atoms with Crippen LogP contribution in [0.4, 0.5) is 0 Å². The van der Waals surface area contributed by atoms with Crippen LogP contribution in [0.15, 0.2) is 42.5 Å². The molecule has 0 heterocycles. The minimum atomic E-state index is -0.839. The van der Waals surface area contributed by atoms with Crippen molar-refractivity contribution < 1.29 is 34.8 Å². The number of ether oxygens (including phenoxy) is 1. The first-order chi connectivity index (χ1) is 17.4. The molecule has 1 fully saturated rings. The normalized spacial score (nSPS) is 22.5. The summed E-state index contributed by atoms with van der Waals surface area (Å²) in [6, 6.07) is 10.1. The molecule has 202 valence electrons. The van der Waals surface area contributed by atoms with Gasteiger partial charge in [0.25, 0.3) is 5.09 Å². The Balaban J connectivity index is 1.60. The van der Waals surface area contributed by atoms with Crippen molar-refractivity contribution in [2.24, 2.45) is 11.8 Å². The van der Waals surface area contributed by atoms with Gasteiger partial charge in [0.2, 0.25) is 0 Å². The van der Waals surface area contributed by atoms with Crippen LogP contribution in [0.25, 0.3) is 0 Å². The molecule has 5 atom stereocenters. The first-order valence-electron chi connectivity index (χ1n) is 13.0. The molecule has 1 aromatic rings. The number of unbranched alkanes of at least 4 members (excludes halogenated alkanes) is 2. The lowest BCUT2D eigenvalue weighted by atomic mass is 9.85. The molecule has 1 aromatic carbocycles. The summed E-state index contributed by atoms with van der Waals surface area (Å²) in [5, 5.41) is 40.5. The summed E-state index contributed by atoms with van der Waals surface area (Å²) < 4.78 is 5.10. The number of aliphatic hydroxyl groups is 3. The Labute approximate surface area is 213 Å². The lowest BCUT2D eigenvalue weighted by Gasteiger charge is -2.23. The van der Waals surface area contributed by atoms with Gasteiger partial charge in [-0.05, 0) is 81.6 Å². The van der Waals surface area contributed by atoms with E-state index in [1.54, 1.807) is 0 Å². The SMILES string of the molecule is O=C(CCC/C=C\CC1[C@@H](CC[C@@H](O)CCc2ccccc2)[C@H](O)C[C@@H]1O)OCCCCO[N+](=O)[O-]. The number of hydrogen-bond acceptors (Lipinski definition) is 8. The molecule has 1 aliphatic rings. The van der Waals surface area contributed by atoms with Crippen LogP contribution < -0.4 is 0 Å². The molecule has 0 radical (unpaired) electrons. The van der Waals surface area contributed by atoms with E-state index >= 15 is 0 Å². The number of allylic oxidation sites excluding steroid dienone is 2. The van der Waals surface area contributed by atoms with E-state index in [4.69, 9.17) is 4.74 Å². The zero-order chi connectivity index (χ0) is 26.2. The first-order valence-corrected chi connectivity index (χ1v) is 13.0. The Morgan fingerprint density at radius 2 is 1.78 bits per heavy atom. The summed E-state index contributed by atoms with van der Waals surface area (Å²) in [5.41, 5.74) is 1.20. The molecule has 0 aliphatic heterocycles. The number of hydrogen-bond donors (Lipinski definition) is 3. The Morgan fingerprint density at radius 1 is 1.06 bits per heavy atom. The molecule has 0 amide bonds. The number of carbonyl (C=O) groups excluding carboxylic acids is 1. The molecule has 1 saturated carbocycles. The molecular formula is C27H41NO8. The average molecular weight is 508 g/mol. The fourth-order valence-electron chi connectivity index (χ4n) is 4.75. The van der Waals surface area contributed by atoms with Crippen LogP contribution in [0.3, 0.4) is 0 Å². The summed E-state index contributed by atoms with van der Waals surface area (Å²) >= 11 is 0. The van der Waals surface area contributed by atoms with Gasteiger partial charge in [-0.25, -0.2) is 0 Å². The third-order valence-corrected chi connectivity index (χ3v) is 6.79. The van der Waals surface area contributed by atoms with Gasteiger partial charge in [-0.3, -0.25) is 4.79 Å². The quantitative estimate of drug-likeness (QED) is 0.0897. The summed E-state index contributed by atoms with van der Waals surface area (Å²) in [7, 11) is 0. The maximum atomic E-state index is 11.7. The maximum absolute atomic E-state index is 11.7. The molecule has 1 unspecified atom stereocenters. The third kappa shape index (κ3) is 12.0. The number of esters is 1. The van der Waals surface area contributed by atoms with Gasteiger partial charge in [0, 0.05) is 6.42 Å². The number of aliphatic hydroxyl groups excluding tert-OH is 3. The Morgan fingerprint density at radius 3 is 2.53 bits per heavy atom. The number of carbonyl (C=O) groups is 1. The molecule has 0 bridgehead atoms. The van der Waals surface area contributed by atoms with Crippen LogP contribution in [-0.4, -0.2) is 57.9 Å². The smallest absolute Gasteiger partial charge is 0.305 e. The topological polar surface area (TPSA) is 139 Å². The van der Waals surface area contributed by atoms with E-state index in [-0.39, 0.29) is 31.0 Å². The lowest BCUT2D eigenvalue weighted by molar-refractivity contribution is -0.757. The second-order valence-electron chi connectivity index (χ2n) is 9.54. The zero-order valence-electron chi connectivity index (χ0n) is 21.0. The van der Waals surface area contributed by atoms with E-state index in [0.717, 1.165) is 6.42 Å². The highest BCUT2D eigenvalue weighted by Gasteiger charge is 2.40. The van der Waals surface area contributed by atoms with E-state index in [2.05, 4.69) is 17.0 Å². The monoisotopic (exact) mass is 507 g/mol. The lowest BCUT2D eigenvalue weighted by Crippen LogP contribution is -2.23. The minimum absolute atomic E-state index is 0.00222. The average Bonchev–Trinajstić information content (AvgIpc) is 3.12. The summed E-state index contributed by atoms with van der Waals surface area (Å²) in [6.45, 7) is 0.220. The van der Waals surface area contributed by atoms with Crippen molar-refractivity contribution in [2.75, 3.05) is 13.2 Å². The number of nitrogens with zero attached hydrogens (tertiary/aromatic N) is 1. The van der Waals surface area contributed by atoms with E-state index in [1.807, 2.05) is 30.4 Å². The van der Waals surface area contributed by atoms with Gasteiger partial charge in [0.05, 0.1) is 31.5 Å². The van der Waals surface area contributed by atoms with Crippen LogP contribution in [0.1, 0.15) is 69.8 Å². The molecule has 36 heavy (non-hydrogen) atoms. The predicted octanol–water partition coefficient (Wildman–Crippen LogP) is 3.77. The third-order valence-electron chi connectivity index (χ3n) is 6.79. The molecular weight excluding hydrogens is 466 g/mol. The van der Waals surface area contributed by atoms with Crippen molar-refractivity contribution in [1.82, 2.24) is 0 Å². The standard InChI is InChI=1S/C27H41NO8/c29-22(15-14-21-10-4-3-5-11-21)16-17-24-23(25(30)20-26(24)31)12-6-1-2-7-13-27(32)35-18-8-9-19-36-28(33)34/h1,3-6,10-11,22-26,29-31H,2,7-9,12-20H2/b6-1-/t22-,23?,24+,25-,26+/m0/s1. The summed E-state index contributed by atoms with van der Waals surface area (Å²) in [4.78, 5) is 26.0. The van der Waals surface area contributed by atoms with Gasteiger partial charge in [0.1, 0.15) is 0 Å². The molecule has 9 nitrogen and oxygen atoms in total. The number of rotatable bonds is 18. The Hall–Kier alpha value is -2.49. The highest BCUT2D eigenvalue weighted by Crippen LogP contribution is 2.38. The second kappa shape index (κ2) is 17.1. The van der Waals surface area contributed by atoms with Crippen molar-refractivity contribution in [3.05, 3.63) is 58.2 Å². The van der Waals surface area contributed by atoms with Crippen LogP contribution in [-0.2, 0) is 20.8 Å². The van der Waals surface area contributed by atoms with E-state index in [1.165, 1.54) is 5.56 Å².